The van der Waals surface area contributed by atoms with Crippen molar-refractivity contribution < 1.29 is 23.2 Å². The molecule has 1 fully saturated rings. The Hall–Kier alpha value is -0.980. The minimum atomic E-state index is -1.31. The van der Waals surface area contributed by atoms with Crippen molar-refractivity contribution in [2.24, 2.45) is 23.7 Å². The molecule has 0 aromatic heterocycles. The van der Waals surface area contributed by atoms with Crippen molar-refractivity contribution in [2.75, 3.05) is 12.5 Å². The molecular weight excluding hydrogens is 460 g/mol. The first-order chi connectivity index (χ1) is 15.3. The molecular formula is C26H41ClO5S. The van der Waals surface area contributed by atoms with Crippen molar-refractivity contribution in [1.29, 1.82) is 0 Å². The zero-order valence-electron chi connectivity index (χ0n) is 21.1. The first kappa shape index (κ1) is 26.6. The Morgan fingerprint density at radius 1 is 1.21 bits per heavy atom. The number of hydrogen-bond donors (Lipinski definition) is 0. The fourth-order valence-corrected chi connectivity index (χ4v) is 6.53. The molecule has 33 heavy (non-hydrogen) atoms. The summed E-state index contributed by atoms with van der Waals surface area (Å²) in [6, 6.07) is 0. The molecule has 2 aliphatic carbocycles. The van der Waals surface area contributed by atoms with Crippen molar-refractivity contribution >= 4 is 33.3 Å². The number of fused-ring (bicyclic) bond motifs is 1. The maximum Gasteiger partial charge on any atom is 0.404 e. The second-order valence-corrected chi connectivity index (χ2v) is 15.6. The van der Waals surface area contributed by atoms with Crippen LogP contribution in [0.3, 0.4) is 0 Å². The van der Waals surface area contributed by atoms with E-state index < -0.39 is 15.7 Å². The largest absolute Gasteiger partial charge is 0.462 e. The summed E-state index contributed by atoms with van der Waals surface area (Å²) in [5.74, 6) is 0.929. The van der Waals surface area contributed by atoms with Crippen molar-refractivity contribution in [3.05, 3.63) is 23.8 Å². The van der Waals surface area contributed by atoms with Gasteiger partial charge < -0.3 is 13.7 Å². The maximum absolute atomic E-state index is 12.4. The van der Waals surface area contributed by atoms with Crippen LogP contribution in [0.5, 0.6) is 0 Å². The molecule has 3 rings (SSSR count). The van der Waals surface area contributed by atoms with E-state index in [9.17, 15) is 9.59 Å². The highest BCUT2D eigenvalue weighted by atomic mass is 35.5. The van der Waals surface area contributed by atoms with Gasteiger partial charge in [-0.15, -0.1) is 10.3 Å². The van der Waals surface area contributed by atoms with Gasteiger partial charge in [0.15, 0.2) is 0 Å². The predicted octanol–water partition coefficient (Wildman–Crippen LogP) is 6.78. The number of carbonyl (C=O) groups excluding carboxylic acids is 2. The van der Waals surface area contributed by atoms with Gasteiger partial charge in [0.2, 0.25) is 0 Å². The van der Waals surface area contributed by atoms with Gasteiger partial charge in [-0.25, -0.2) is 4.79 Å². The minimum Gasteiger partial charge on any atom is -0.462 e. The van der Waals surface area contributed by atoms with Gasteiger partial charge in [-0.05, 0) is 55.1 Å². The van der Waals surface area contributed by atoms with E-state index in [4.69, 9.17) is 25.3 Å². The van der Waals surface area contributed by atoms with Crippen molar-refractivity contribution in [2.45, 2.75) is 89.8 Å². The lowest BCUT2D eigenvalue weighted by Gasteiger charge is -2.47. The third kappa shape index (κ3) is 6.58. The lowest BCUT2D eigenvalue weighted by molar-refractivity contribution is -0.159. The van der Waals surface area contributed by atoms with Gasteiger partial charge in [-0.3, -0.25) is 4.79 Å². The summed E-state index contributed by atoms with van der Waals surface area (Å²) in [4.78, 5) is 24.0. The van der Waals surface area contributed by atoms with Crippen LogP contribution >= 0.6 is 21.9 Å². The maximum atomic E-state index is 12.4. The van der Waals surface area contributed by atoms with Crippen LogP contribution in [-0.2, 0) is 18.5 Å². The van der Waals surface area contributed by atoms with E-state index in [0.717, 1.165) is 25.7 Å². The molecule has 4 unspecified atom stereocenters. The Kier molecular flexibility index (Phi) is 8.33. The summed E-state index contributed by atoms with van der Waals surface area (Å²) >= 11 is 5.62. The molecule has 0 radical (unpaired) electrons. The molecule has 5 nitrogen and oxygen atoms in total. The average molecular weight is 501 g/mol. The van der Waals surface area contributed by atoms with Crippen molar-refractivity contribution in [3.63, 3.8) is 0 Å². The molecule has 0 aromatic carbocycles. The van der Waals surface area contributed by atoms with Gasteiger partial charge in [-0.2, -0.15) is 0 Å². The molecule has 0 aromatic rings. The highest BCUT2D eigenvalue weighted by Crippen LogP contribution is 2.55. The smallest absolute Gasteiger partial charge is 0.404 e. The Morgan fingerprint density at radius 2 is 1.91 bits per heavy atom. The molecule has 0 amide bonds. The van der Waals surface area contributed by atoms with E-state index in [2.05, 4.69) is 65.4 Å². The summed E-state index contributed by atoms with van der Waals surface area (Å²) in [6.45, 7) is 10.9. The van der Waals surface area contributed by atoms with Crippen LogP contribution in [0.25, 0.3) is 0 Å². The number of esters is 1. The van der Waals surface area contributed by atoms with Crippen molar-refractivity contribution in [1.82, 2.24) is 0 Å². The van der Waals surface area contributed by atoms with Gasteiger partial charge in [0.25, 0.3) is 0 Å². The molecule has 3 aliphatic rings. The van der Waals surface area contributed by atoms with Crippen LogP contribution in [0, 0.1) is 23.7 Å². The number of cyclic esters (lactones) is 1. The van der Waals surface area contributed by atoms with Crippen LogP contribution in [0.2, 0.25) is 0 Å². The predicted molar refractivity (Wildman–Crippen MR) is 136 cm³/mol. The molecule has 0 spiro atoms. The summed E-state index contributed by atoms with van der Waals surface area (Å²) in [5, 5.41) is 0. The lowest BCUT2D eigenvalue weighted by atomic mass is 9.65. The van der Waals surface area contributed by atoms with Gasteiger partial charge in [-0.1, -0.05) is 52.8 Å². The first-order valence-corrected chi connectivity index (χ1v) is 14.9. The highest BCUT2D eigenvalue weighted by molar-refractivity contribution is 8.29. The third-order valence-corrected chi connectivity index (χ3v) is 11.5. The van der Waals surface area contributed by atoms with Crippen LogP contribution < -0.4 is 0 Å². The Labute approximate surface area is 206 Å². The Balaban J connectivity index is 1.69. The van der Waals surface area contributed by atoms with E-state index in [1.165, 1.54) is 5.57 Å². The summed E-state index contributed by atoms with van der Waals surface area (Å²) in [6.07, 6.45) is 14.1. The van der Waals surface area contributed by atoms with Crippen molar-refractivity contribution in [3.8, 4) is 0 Å². The Bertz CT molecular complexity index is 799. The van der Waals surface area contributed by atoms with E-state index >= 15 is 0 Å². The molecule has 1 heterocycles. The number of carbonyl (C=O) groups is 2. The molecule has 7 atom stereocenters. The quantitative estimate of drug-likeness (QED) is 0.297. The lowest BCUT2D eigenvalue weighted by Crippen LogP contribution is -2.41. The number of allylic oxidation sites excluding steroid dienone is 3. The van der Waals surface area contributed by atoms with E-state index in [-0.39, 0.29) is 34.9 Å². The monoisotopic (exact) mass is 500 g/mol. The number of halogens is 1. The van der Waals surface area contributed by atoms with Crippen LogP contribution in [-0.4, -0.2) is 47.0 Å². The van der Waals surface area contributed by atoms with E-state index in [1.807, 2.05) is 0 Å². The van der Waals surface area contributed by atoms with E-state index in [1.54, 1.807) is 0 Å². The number of rotatable bonds is 6. The SMILES string of the molecule is CC1C=CC2=C[C@H](C)C[C@H](OC(=O)Cl)C2C1CC[C@@H]1CC(OS(C)(C)C(C)(C)C)CC(=O)O1. The zero-order valence-corrected chi connectivity index (χ0v) is 22.7. The molecule has 0 N–H and O–H groups in total. The van der Waals surface area contributed by atoms with Crippen LogP contribution in [0.1, 0.15) is 66.7 Å². The van der Waals surface area contributed by atoms with Crippen LogP contribution in [0.15, 0.2) is 23.8 Å². The number of ether oxygens (including phenoxy) is 2. The van der Waals surface area contributed by atoms with Gasteiger partial charge in [0.1, 0.15) is 12.2 Å². The molecule has 7 heteroatoms. The van der Waals surface area contributed by atoms with Crippen LogP contribution in [0.4, 0.5) is 4.79 Å². The van der Waals surface area contributed by atoms with Gasteiger partial charge in [0, 0.05) is 28.7 Å². The molecule has 1 saturated heterocycles. The normalized spacial score (nSPS) is 35.3. The Morgan fingerprint density at radius 3 is 2.55 bits per heavy atom. The third-order valence-electron chi connectivity index (χ3n) is 7.73. The van der Waals surface area contributed by atoms with E-state index in [0.29, 0.717) is 24.2 Å². The summed E-state index contributed by atoms with van der Waals surface area (Å²) in [7, 11) is -1.31. The zero-order chi connectivity index (χ0) is 24.6. The fraction of sp³-hybridized carbons (Fsp3) is 0.769. The standard InChI is InChI=1S/C26H41ClO5S/c1-16-12-18-9-8-17(2)21(24(18)22(13-16)31-25(27)29)11-10-19-14-20(15-23(28)30-19)32-33(6,7)26(3,4)5/h8-9,12,16-17,19-22,24H,10-11,13-15H2,1-7H3/t16-,17?,19+,20?,21?,22-,24?/m0/s1. The average Bonchev–Trinajstić information content (AvgIpc) is 2.65. The second-order valence-electron chi connectivity index (χ2n) is 11.4. The molecule has 0 saturated carbocycles. The number of hydrogen-bond acceptors (Lipinski definition) is 5. The second kappa shape index (κ2) is 10.3. The summed E-state index contributed by atoms with van der Waals surface area (Å²) in [5.41, 5.74) is 0.497. The fourth-order valence-electron chi connectivity index (χ4n) is 5.30. The van der Waals surface area contributed by atoms with Gasteiger partial charge >= 0.3 is 11.4 Å². The molecule has 188 valence electrons. The molecule has 0 bridgehead atoms. The highest BCUT2D eigenvalue weighted by Gasteiger charge is 2.42. The topological polar surface area (TPSA) is 61.8 Å². The first-order valence-electron chi connectivity index (χ1n) is 12.1. The molecule has 1 aliphatic heterocycles. The minimum absolute atomic E-state index is 0.0451. The van der Waals surface area contributed by atoms with Gasteiger partial charge in [0.05, 0.1) is 12.5 Å². The summed E-state index contributed by atoms with van der Waals surface area (Å²) < 4.78 is 17.9.